The van der Waals surface area contributed by atoms with Crippen LogP contribution >= 0.6 is 7.82 Å². The summed E-state index contributed by atoms with van der Waals surface area (Å²) in [7, 11) is -4.40. The molecule has 0 rings (SSSR count). The van der Waals surface area contributed by atoms with Crippen LogP contribution in [0.4, 0.5) is 0 Å². The third-order valence-electron chi connectivity index (χ3n) is 6.78. The van der Waals surface area contributed by atoms with Gasteiger partial charge in [-0.1, -0.05) is 125 Å². The van der Waals surface area contributed by atoms with Gasteiger partial charge in [0.15, 0.2) is 6.10 Å². The molecule has 0 saturated heterocycles. The van der Waals surface area contributed by atoms with E-state index in [9.17, 15) is 19.0 Å². The van der Waals surface area contributed by atoms with E-state index in [-0.39, 0.29) is 32.6 Å². The van der Waals surface area contributed by atoms with E-state index < -0.39 is 32.5 Å². The molecule has 10 heteroatoms. The summed E-state index contributed by atoms with van der Waals surface area (Å²) in [5.74, 6) is -1.01. The average molecular weight is 706 g/mol. The quantitative estimate of drug-likeness (QED) is 0.0304. The third-order valence-corrected chi connectivity index (χ3v) is 7.76. The molecule has 0 radical (unpaired) electrons. The molecule has 278 valence electrons. The highest BCUT2D eigenvalue weighted by atomic mass is 31.2. The summed E-state index contributed by atoms with van der Waals surface area (Å²) in [4.78, 5) is 34.6. The largest absolute Gasteiger partial charge is 0.472 e. The van der Waals surface area contributed by atoms with Crippen molar-refractivity contribution in [1.29, 1.82) is 0 Å². The van der Waals surface area contributed by atoms with Crippen LogP contribution in [0.15, 0.2) is 85.1 Å². The van der Waals surface area contributed by atoms with Gasteiger partial charge < -0.3 is 20.1 Å². The second-order valence-corrected chi connectivity index (χ2v) is 12.8. The van der Waals surface area contributed by atoms with Crippen LogP contribution in [0, 0.1) is 0 Å². The van der Waals surface area contributed by atoms with Gasteiger partial charge in [0, 0.05) is 13.0 Å². The standard InChI is InChI=1S/C39H64NO8P/c1-3-5-7-9-11-13-15-17-18-20-22-24-26-28-30-32-39(42)48-37(36-47-49(43,44)46-34-33-40)35-45-38(41)31-29-27-25-23-21-19-16-14-12-10-8-6-4-2/h5,7-8,10-11,13-14,16-18,22,24,28,30,37H,3-4,6,9,12,15,19-21,23,25-27,29,31-36,40H2,1-2H3,(H,43,44)/b7-5-,10-8-,13-11-,16-14-,18-17-,24-22-,30-28-. The lowest BCUT2D eigenvalue weighted by Gasteiger charge is -2.19. The zero-order valence-corrected chi connectivity index (χ0v) is 31.0. The van der Waals surface area contributed by atoms with Gasteiger partial charge in [-0.25, -0.2) is 4.57 Å². The summed E-state index contributed by atoms with van der Waals surface area (Å²) in [5.41, 5.74) is 5.32. The van der Waals surface area contributed by atoms with E-state index in [0.29, 0.717) is 12.8 Å². The zero-order valence-electron chi connectivity index (χ0n) is 30.1. The molecule has 49 heavy (non-hydrogen) atoms. The topological polar surface area (TPSA) is 134 Å². The summed E-state index contributed by atoms with van der Waals surface area (Å²) >= 11 is 0. The molecule has 3 N–H and O–H groups in total. The fourth-order valence-corrected chi connectivity index (χ4v) is 4.92. The SMILES string of the molecule is CC/C=C\C/C=C\C/C=C\C/C=C\C/C=C\CC(=O)OC(COC(=O)CCCCCCC/C=C\C/C=C\CCC)COP(=O)(O)OCCN. The maximum absolute atomic E-state index is 12.4. The van der Waals surface area contributed by atoms with Crippen LogP contribution in [0.2, 0.25) is 0 Å². The number of ether oxygens (including phenoxy) is 2. The first-order valence-corrected chi connectivity index (χ1v) is 19.6. The Morgan fingerprint density at radius 2 is 1.18 bits per heavy atom. The van der Waals surface area contributed by atoms with Crippen LogP contribution < -0.4 is 5.73 Å². The molecule has 0 aromatic carbocycles. The maximum atomic E-state index is 12.4. The van der Waals surface area contributed by atoms with Crippen molar-refractivity contribution in [3.05, 3.63) is 85.1 Å². The number of carbonyl (C=O) groups is 2. The van der Waals surface area contributed by atoms with Crippen LogP contribution in [-0.4, -0.2) is 49.3 Å². The number of rotatable bonds is 32. The summed E-state index contributed by atoms with van der Waals surface area (Å²) in [6.07, 6.45) is 42.2. The zero-order chi connectivity index (χ0) is 36.1. The van der Waals surface area contributed by atoms with E-state index in [2.05, 4.69) is 80.7 Å². The van der Waals surface area contributed by atoms with Gasteiger partial charge in [-0.2, -0.15) is 0 Å². The minimum Gasteiger partial charge on any atom is -0.462 e. The first-order valence-electron chi connectivity index (χ1n) is 18.1. The number of phosphoric acid groups is 1. The molecule has 0 aliphatic carbocycles. The number of allylic oxidation sites excluding steroid dienone is 13. The maximum Gasteiger partial charge on any atom is 0.472 e. The van der Waals surface area contributed by atoms with Gasteiger partial charge >= 0.3 is 19.8 Å². The Bertz CT molecular complexity index is 1080. The number of nitrogens with two attached hydrogens (primary N) is 1. The Morgan fingerprint density at radius 3 is 1.78 bits per heavy atom. The lowest BCUT2D eigenvalue weighted by Crippen LogP contribution is -2.29. The van der Waals surface area contributed by atoms with Crippen molar-refractivity contribution >= 4 is 19.8 Å². The Labute approximate surface area is 296 Å². The number of esters is 2. The fraction of sp³-hybridized carbons (Fsp3) is 0.590. The third kappa shape index (κ3) is 34.8. The molecule has 2 unspecified atom stereocenters. The number of phosphoric ester groups is 1. The van der Waals surface area contributed by atoms with Gasteiger partial charge in [0.1, 0.15) is 6.61 Å². The molecule has 0 heterocycles. The molecule has 0 bridgehead atoms. The molecular weight excluding hydrogens is 641 g/mol. The van der Waals surface area contributed by atoms with E-state index in [4.69, 9.17) is 24.3 Å². The molecule has 9 nitrogen and oxygen atoms in total. The van der Waals surface area contributed by atoms with Crippen LogP contribution in [0.1, 0.15) is 117 Å². The minimum absolute atomic E-state index is 0.00970. The summed E-state index contributed by atoms with van der Waals surface area (Å²) in [6, 6.07) is 0. The van der Waals surface area contributed by atoms with Crippen molar-refractivity contribution in [2.24, 2.45) is 5.73 Å². The highest BCUT2D eigenvalue weighted by molar-refractivity contribution is 7.47. The highest BCUT2D eigenvalue weighted by Crippen LogP contribution is 2.43. The summed E-state index contributed by atoms with van der Waals surface area (Å²) in [6.45, 7) is 3.37. The monoisotopic (exact) mass is 705 g/mol. The number of carbonyl (C=O) groups excluding carboxylic acids is 2. The number of hydrogen-bond acceptors (Lipinski definition) is 8. The molecular formula is C39H64NO8P. The summed E-state index contributed by atoms with van der Waals surface area (Å²) < 4.78 is 32.4. The van der Waals surface area contributed by atoms with Crippen molar-refractivity contribution in [2.75, 3.05) is 26.4 Å². The second-order valence-electron chi connectivity index (χ2n) is 11.4. The first kappa shape index (κ1) is 46.2. The van der Waals surface area contributed by atoms with Gasteiger partial charge in [-0.05, 0) is 64.2 Å². The van der Waals surface area contributed by atoms with Gasteiger partial charge in [0.2, 0.25) is 0 Å². The molecule has 0 spiro atoms. The Kier molecular flexibility index (Phi) is 33.0. The smallest absolute Gasteiger partial charge is 0.462 e. The van der Waals surface area contributed by atoms with E-state index in [1.807, 2.05) is 12.2 Å². The molecule has 0 fully saturated rings. The van der Waals surface area contributed by atoms with E-state index >= 15 is 0 Å². The van der Waals surface area contributed by atoms with Crippen LogP contribution in [0.3, 0.4) is 0 Å². The molecule has 0 aliphatic rings. The van der Waals surface area contributed by atoms with Crippen molar-refractivity contribution in [1.82, 2.24) is 0 Å². The van der Waals surface area contributed by atoms with Crippen molar-refractivity contribution in [3.63, 3.8) is 0 Å². The normalized spacial score (nSPS) is 14.4. The molecule has 0 aromatic rings. The van der Waals surface area contributed by atoms with Gasteiger partial charge in [0.25, 0.3) is 0 Å². The second kappa shape index (κ2) is 35.0. The van der Waals surface area contributed by atoms with Gasteiger partial charge in [-0.15, -0.1) is 0 Å². The van der Waals surface area contributed by atoms with E-state index in [0.717, 1.165) is 70.6 Å². The Morgan fingerprint density at radius 1 is 0.653 bits per heavy atom. The molecule has 0 saturated carbocycles. The van der Waals surface area contributed by atoms with Crippen LogP contribution in [-0.2, 0) is 32.7 Å². The Hall–Kier alpha value is -2.81. The lowest BCUT2D eigenvalue weighted by molar-refractivity contribution is -0.160. The van der Waals surface area contributed by atoms with Gasteiger partial charge in [-0.3, -0.25) is 18.6 Å². The fourth-order valence-electron chi connectivity index (χ4n) is 4.16. The predicted molar refractivity (Wildman–Crippen MR) is 201 cm³/mol. The van der Waals surface area contributed by atoms with Crippen molar-refractivity contribution < 1.29 is 37.6 Å². The Balaban J connectivity index is 4.45. The molecule has 0 aromatic heterocycles. The minimum atomic E-state index is -4.40. The highest BCUT2D eigenvalue weighted by Gasteiger charge is 2.25. The van der Waals surface area contributed by atoms with Crippen molar-refractivity contribution in [3.8, 4) is 0 Å². The van der Waals surface area contributed by atoms with Crippen LogP contribution in [0.25, 0.3) is 0 Å². The predicted octanol–water partition coefficient (Wildman–Crippen LogP) is 9.71. The summed E-state index contributed by atoms with van der Waals surface area (Å²) in [5, 5.41) is 0. The number of unbranched alkanes of at least 4 members (excludes halogenated alkanes) is 6. The van der Waals surface area contributed by atoms with Crippen molar-refractivity contribution in [2.45, 2.75) is 123 Å². The lowest BCUT2D eigenvalue weighted by atomic mass is 10.1. The average Bonchev–Trinajstić information content (AvgIpc) is 3.08. The number of hydrogen-bond donors (Lipinski definition) is 2. The van der Waals surface area contributed by atoms with E-state index in [1.165, 1.54) is 6.42 Å². The van der Waals surface area contributed by atoms with Crippen LogP contribution in [0.5, 0.6) is 0 Å². The first-order chi connectivity index (χ1) is 23.8. The molecule has 2 atom stereocenters. The van der Waals surface area contributed by atoms with Gasteiger partial charge in [0.05, 0.1) is 19.6 Å². The molecule has 0 amide bonds. The molecule has 0 aliphatic heterocycles. The van der Waals surface area contributed by atoms with E-state index in [1.54, 1.807) is 6.08 Å².